The smallest absolute Gasteiger partial charge is 0.0619 e. The Labute approximate surface area is 101 Å². The predicted molar refractivity (Wildman–Crippen MR) is 65.8 cm³/mol. The van der Waals surface area contributed by atoms with Crippen LogP contribution >= 0.6 is 11.3 Å². The van der Waals surface area contributed by atoms with Gasteiger partial charge in [0.05, 0.1) is 12.7 Å². The van der Waals surface area contributed by atoms with Crippen LogP contribution in [0.2, 0.25) is 0 Å². The maximum absolute atomic E-state index is 5.76. The molecule has 2 heterocycles. The van der Waals surface area contributed by atoms with E-state index in [0.29, 0.717) is 6.10 Å². The molecule has 0 amide bonds. The molecule has 4 heteroatoms. The molecule has 0 unspecified atom stereocenters. The van der Waals surface area contributed by atoms with Gasteiger partial charge in [-0.15, -0.1) is 11.3 Å². The lowest BCUT2D eigenvalue weighted by Crippen LogP contribution is -2.27. The van der Waals surface area contributed by atoms with Gasteiger partial charge in [0.1, 0.15) is 0 Å². The lowest BCUT2D eigenvalue weighted by atomic mass is 10.2. The summed E-state index contributed by atoms with van der Waals surface area (Å²) in [5.41, 5.74) is 0. The molecular formula is C12H19NO2S. The Balaban J connectivity index is 1.48. The maximum Gasteiger partial charge on any atom is 0.0619 e. The van der Waals surface area contributed by atoms with Crippen LogP contribution in [0.4, 0.5) is 0 Å². The second kappa shape index (κ2) is 7.01. The van der Waals surface area contributed by atoms with Gasteiger partial charge in [-0.3, -0.25) is 0 Å². The second-order valence-corrected chi connectivity index (χ2v) is 4.97. The molecule has 90 valence electrons. The largest absolute Gasteiger partial charge is 0.381 e. The van der Waals surface area contributed by atoms with E-state index in [-0.39, 0.29) is 0 Å². The highest BCUT2D eigenvalue weighted by molar-refractivity contribution is 7.09. The van der Waals surface area contributed by atoms with Crippen molar-refractivity contribution in [1.82, 2.24) is 5.32 Å². The van der Waals surface area contributed by atoms with Crippen LogP contribution < -0.4 is 5.32 Å². The van der Waals surface area contributed by atoms with Gasteiger partial charge in [-0.2, -0.15) is 0 Å². The Kier molecular flexibility index (Phi) is 5.28. The molecule has 3 nitrogen and oxygen atoms in total. The molecule has 1 fully saturated rings. The predicted octanol–water partition coefficient (Wildman–Crippen LogP) is 2.03. The average molecular weight is 241 g/mol. The van der Waals surface area contributed by atoms with Crippen LogP contribution in [0.5, 0.6) is 0 Å². The van der Waals surface area contributed by atoms with E-state index in [9.17, 15) is 0 Å². The normalized spacial score (nSPS) is 17.8. The summed E-state index contributed by atoms with van der Waals surface area (Å²) in [5.74, 6) is 0. The number of nitrogens with one attached hydrogen (secondary N) is 1. The Morgan fingerprint density at radius 3 is 3.06 bits per heavy atom. The standard InChI is InChI=1S/C12H19NO2S/c1-2-12(16-9-1)10-13-5-8-15-11-3-6-14-7-4-11/h1-2,9,11,13H,3-8,10H2. The first kappa shape index (κ1) is 12.0. The van der Waals surface area contributed by atoms with Crippen LogP contribution in [0.1, 0.15) is 17.7 Å². The minimum absolute atomic E-state index is 0.414. The third-order valence-electron chi connectivity index (χ3n) is 2.68. The highest BCUT2D eigenvalue weighted by atomic mass is 32.1. The lowest BCUT2D eigenvalue weighted by molar-refractivity contribution is -0.0305. The summed E-state index contributed by atoms with van der Waals surface area (Å²) >= 11 is 1.79. The molecule has 0 bridgehead atoms. The fourth-order valence-corrected chi connectivity index (χ4v) is 2.44. The average Bonchev–Trinajstić information content (AvgIpc) is 2.83. The number of hydrogen-bond acceptors (Lipinski definition) is 4. The van der Waals surface area contributed by atoms with Crippen molar-refractivity contribution < 1.29 is 9.47 Å². The molecule has 16 heavy (non-hydrogen) atoms. The number of hydrogen-bond donors (Lipinski definition) is 1. The fraction of sp³-hybridized carbons (Fsp3) is 0.667. The van der Waals surface area contributed by atoms with Gasteiger partial charge in [-0.1, -0.05) is 6.07 Å². The number of ether oxygens (including phenoxy) is 2. The van der Waals surface area contributed by atoms with Crippen molar-refractivity contribution in [2.75, 3.05) is 26.4 Å². The van der Waals surface area contributed by atoms with Crippen LogP contribution in [0.15, 0.2) is 17.5 Å². The van der Waals surface area contributed by atoms with Crippen molar-refractivity contribution in [3.8, 4) is 0 Å². The van der Waals surface area contributed by atoms with Crippen molar-refractivity contribution in [2.45, 2.75) is 25.5 Å². The van der Waals surface area contributed by atoms with Crippen LogP contribution in [-0.4, -0.2) is 32.5 Å². The number of rotatable bonds is 6. The van der Waals surface area contributed by atoms with E-state index in [1.165, 1.54) is 4.88 Å². The zero-order valence-corrected chi connectivity index (χ0v) is 10.3. The van der Waals surface area contributed by atoms with Gasteiger partial charge < -0.3 is 14.8 Å². The number of thiophene rings is 1. The maximum atomic E-state index is 5.76. The highest BCUT2D eigenvalue weighted by Gasteiger charge is 2.13. The molecule has 1 aliphatic rings. The van der Waals surface area contributed by atoms with Crippen molar-refractivity contribution in [1.29, 1.82) is 0 Å². The lowest BCUT2D eigenvalue weighted by Gasteiger charge is -2.22. The van der Waals surface area contributed by atoms with Crippen molar-refractivity contribution in [2.24, 2.45) is 0 Å². The molecule has 0 aromatic carbocycles. The van der Waals surface area contributed by atoms with E-state index in [1.807, 2.05) is 0 Å². The molecule has 1 saturated heterocycles. The summed E-state index contributed by atoms with van der Waals surface area (Å²) in [5, 5.41) is 5.49. The molecule has 0 aliphatic carbocycles. The molecule has 1 aromatic heterocycles. The zero-order valence-electron chi connectivity index (χ0n) is 9.48. The molecule has 2 rings (SSSR count). The highest BCUT2D eigenvalue weighted by Crippen LogP contribution is 2.10. The zero-order chi connectivity index (χ0) is 11.1. The summed E-state index contributed by atoms with van der Waals surface area (Å²) in [6, 6.07) is 4.23. The van der Waals surface area contributed by atoms with Gasteiger partial charge in [-0.05, 0) is 24.3 Å². The third kappa shape index (κ3) is 4.22. The van der Waals surface area contributed by atoms with E-state index in [1.54, 1.807) is 11.3 Å². The first-order chi connectivity index (χ1) is 7.95. The second-order valence-electron chi connectivity index (χ2n) is 3.94. The summed E-state index contributed by atoms with van der Waals surface area (Å²) in [7, 11) is 0. The molecule has 0 radical (unpaired) electrons. The van der Waals surface area contributed by atoms with Crippen molar-refractivity contribution in [3.05, 3.63) is 22.4 Å². The molecule has 1 aliphatic heterocycles. The van der Waals surface area contributed by atoms with Crippen molar-refractivity contribution in [3.63, 3.8) is 0 Å². The minimum Gasteiger partial charge on any atom is -0.381 e. The van der Waals surface area contributed by atoms with Gasteiger partial charge in [0.25, 0.3) is 0 Å². The SMILES string of the molecule is c1csc(CNCCOC2CCOCC2)c1. The fourth-order valence-electron chi connectivity index (χ4n) is 1.77. The van der Waals surface area contributed by atoms with E-state index in [0.717, 1.165) is 45.8 Å². The van der Waals surface area contributed by atoms with Crippen LogP contribution in [0, 0.1) is 0 Å². The summed E-state index contributed by atoms with van der Waals surface area (Å²) < 4.78 is 11.0. The topological polar surface area (TPSA) is 30.5 Å². The van der Waals surface area contributed by atoms with E-state index in [2.05, 4.69) is 22.8 Å². The molecular weight excluding hydrogens is 222 g/mol. The summed E-state index contributed by atoms with van der Waals surface area (Å²) in [4.78, 5) is 1.38. The summed E-state index contributed by atoms with van der Waals surface area (Å²) in [6.45, 7) is 4.39. The Morgan fingerprint density at radius 2 is 2.31 bits per heavy atom. The van der Waals surface area contributed by atoms with E-state index < -0.39 is 0 Å². The minimum atomic E-state index is 0.414. The van der Waals surface area contributed by atoms with Crippen LogP contribution in [0.3, 0.4) is 0 Å². The monoisotopic (exact) mass is 241 g/mol. The van der Waals surface area contributed by atoms with Gasteiger partial charge in [-0.25, -0.2) is 0 Å². The van der Waals surface area contributed by atoms with Gasteiger partial charge >= 0.3 is 0 Å². The van der Waals surface area contributed by atoms with E-state index in [4.69, 9.17) is 9.47 Å². The molecule has 0 spiro atoms. The molecule has 1 N–H and O–H groups in total. The third-order valence-corrected chi connectivity index (χ3v) is 3.56. The first-order valence-electron chi connectivity index (χ1n) is 5.87. The summed E-state index contributed by atoms with van der Waals surface area (Å²) in [6.07, 6.45) is 2.51. The first-order valence-corrected chi connectivity index (χ1v) is 6.75. The molecule has 0 saturated carbocycles. The quantitative estimate of drug-likeness (QED) is 0.773. The Bertz CT molecular complexity index is 271. The van der Waals surface area contributed by atoms with E-state index >= 15 is 0 Å². The van der Waals surface area contributed by atoms with Gasteiger partial charge in [0.15, 0.2) is 0 Å². The molecule has 0 atom stereocenters. The van der Waals surface area contributed by atoms with Crippen LogP contribution in [0.25, 0.3) is 0 Å². The Morgan fingerprint density at radius 1 is 1.44 bits per heavy atom. The molecule has 1 aromatic rings. The van der Waals surface area contributed by atoms with Gasteiger partial charge in [0.2, 0.25) is 0 Å². The van der Waals surface area contributed by atoms with Gasteiger partial charge in [0, 0.05) is 31.2 Å². The van der Waals surface area contributed by atoms with Crippen LogP contribution in [-0.2, 0) is 16.0 Å². The Hall–Kier alpha value is -0.420. The van der Waals surface area contributed by atoms with Crippen molar-refractivity contribution >= 4 is 11.3 Å².